The number of halogens is 2. The third-order valence-electron chi connectivity index (χ3n) is 2.44. The molecule has 0 aliphatic heterocycles. The molecule has 7 heteroatoms. The van der Waals surface area contributed by atoms with Gasteiger partial charge in [0.15, 0.2) is 5.82 Å². The second kappa shape index (κ2) is 6.10. The summed E-state index contributed by atoms with van der Waals surface area (Å²) in [5.41, 5.74) is 6.37. The van der Waals surface area contributed by atoms with Gasteiger partial charge in [0.25, 0.3) is 5.89 Å². The molecule has 19 heavy (non-hydrogen) atoms. The number of nitrogens with zero attached hydrogens (tertiary/aromatic N) is 2. The lowest BCUT2D eigenvalue weighted by Gasteiger charge is -2.05. The summed E-state index contributed by atoms with van der Waals surface area (Å²) in [5.74, 6) is 0.0750. The molecule has 2 N–H and O–H groups in total. The quantitative estimate of drug-likeness (QED) is 0.914. The van der Waals surface area contributed by atoms with E-state index in [9.17, 15) is 4.39 Å². The van der Waals surface area contributed by atoms with Crippen LogP contribution in [0.25, 0.3) is 11.5 Å². The van der Waals surface area contributed by atoms with E-state index in [-0.39, 0.29) is 10.9 Å². The molecule has 0 radical (unpaired) electrons. The monoisotopic (exact) mass is 285 g/mol. The minimum Gasteiger partial charge on any atom is -0.380 e. The molecule has 1 heterocycles. The van der Waals surface area contributed by atoms with E-state index >= 15 is 0 Å². The van der Waals surface area contributed by atoms with E-state index in [1.807, 2.05) is 6.92 Å². The Labute approximate surface area is 114 Å². The normalized spacial score (nSPS) is 12.6. The first-order chi connectivity index (χ1) is 9.11. The van der Waals surface area contributed by atoms with E-state index in [1.54, 1.807) is 0 Å². The van der Waals surface area contributed by atoms with Crippen molar-refractivity contribution in [2.45, 2.75) is 13.0 Å². The molecule has 0 fully saturated rings. The second-order valence-corrected chi connectivity index (χ2v) is 4.26. The number of aromatic nitrogens is 2. The predicted molar refractivity (Wildman–Crippen MR) is 68.1 cm³/mol. The first-order valence-corrected chi connectivity index (χ1v) is 6.12. The van der Waals surface area contributed by atoms with Crippen molar-refractivity contribution in [3.63, 3.8) is 0 Å². The summed E-state index contributed by atoms with van der Waals surface area (Å²) in [5, 5.41) is 3.77. The number of nitrogens with two attached hydrogens (primary N) is 1. The van der Waals surface area contributed by atoms with Gasteiger partial charge in [-0.15, -0.1) is 0 Å². The zero-order chi connectivity index (χ0) is 13.8. The Hall–Kier alpha value is -1.50. The highest BCUT2D eigenvalue weighted by molar-refractivity contribution is 6.31. The van der Waals surface area contributed by atoms with Crippen LogP contribution in [0.4, 0.5) is 4.39 Å². The minimum atomic E-state index is -0.502. The standard InChI is InChI=1S/C12H13ClFN3O2/c1-2-18-6-10(15)11-16-12(19-17-11)7-3-4-9(14)8(13)5-7/h3-5,10H,2,6,15H2,1H3. The van der Waals surface area contributed by atoms with Crippen molar-refractivity contribution in [1.82, 2.24) is 10.1 Å². The summed E-state index contributed by atoms with van der Waals surface area (Å²) >= 11 is 5.69. The maximum atomic E-state index is 13.1. The molecular formula is C12H13ClFN3O2. The van der Waals surface area contributed by atoms with E-state index < -0.39 is 11.9 Å². The van der Waals surface area contributed by atoms with Gasteiger partial charge in [-0.2, -0.15) is 4.98 Å². The fourth-order valence-electron chi connectivity index (χ4n) is 1.45. The third-order valence-corrected chi connectivity index (χ3v) is 2.73. The number of hydrogen-bond acceptors (Lipinski definition) is 5. The highest BCUT2D eigenvalue weighted by Crippen LogP contribution is 2.24. The molecule has 0 spiro atoms. The molecular weight excluding hydrogens is 273 g/mol. The van der Waals surface area contributed by atoms with Crippen LogP contribution in [0.5, 0.6) is 0 Å². The fourth-order valence-corrected chi connectivity index (χ4v) is 1.63. The van der Waals surface area contributed by atoms with Gasteiger partial charge < -0.3 is 15.0 Å². The Kier molecular flexibility index (Phi) is 4.47. The van der Waals surface area contributed by atoms with Crippen molar-refractivity contribution in [2.24, 2.45) is 5.73 Å². The van der Waals surface area contributed by atoms with Crippen molar-refractivity contribution in [3.8, 4) is 11.5 Å². The van der Waals surface area contributed by atoms with Crippen LogP contribution in [0.15, 0.2) is 22.7 Å². The van der Waals surface area contributed by atoms with Crippen molar-refractivity contribution >= 4 is 11.6 Å². The molecule has 1 atom stereocenters. The molecule has 102 valence electrons. The second-order valence-electron chi connectivity index (χ2n) is 3.85. The highest BCUT2D eigenvalue weighted by atomic mass is 35.5. The van der Waals surface area contributed by atoms with Gasteiger partial charge in [-0.05, 0) is 25.1 Å². The van der Waals surface area contributed by atoms with Crippen LogP contribution < -0.4 is 5.73 Å². The first kappa shape index (κ1) is 13.9. The molecule has 0 saturated carbocycles. The number of rotatable bonds is 5. The van der Waals surface area contributed by atoms with Crippen LogP contribution in [0, 0.1) is 5.82 Å². The maximum absolute atomic E-state index is 13.1. The average Bonchev–Trinajstić information content (AvgIpc) is 2.89. The predicted octanol–water partition coefficient (Wildman–Crippen LogP) is 2.57. The van der Waals surface area contributed by atoms with Crippen LogP contribution in [0.1, 0.15) is 18.8 Å². The van der Waals surface area contributed by atoms with E-state index in [1.165, 1.54) is 18.2 Å². The van der Waals surface area contributed by atoms with Gasteiger partial charge in [0.1, 0.15) is 5.82 Å². The van der Waals surface area contributed by atoms with Gasteiger partial charge in [-0.3, -0.25) is 0 Å². The Morgan fingerprint density at radius 1 is 1.53 bits per heavy atom. The molecule has 5 nitrogen and oxygen atoms in total. The van der Waals surface area contributed by atoms with Gasteiger partial charge in [0.05, 0.1) is 17.7 Å². The number of hydrogen-bond donors (Lipinski definition) is 1. The fraction of sp³-hybridized carbons (Fsp3) is 0.333. The summed E-state index contributed by atoms with van der Waals surface area (Å²) in [6.45, 7) is 2.74. The van der Waals surface area contributed by atoms with Gasteiger partial charge in [-0.1, -0.05) is 16.8 Å². The van der Waals surface area contributed by atoms with Crippen LogP contribution in [-0.2, 0) is 4.74 Å². The molecule has 0 aliphatic carbocycles. The summed E-state index contributed by atoms with van der Waals surface area (Å²) in [6, 6.07) is 3.70. The molecule has 0 saturated heterocycles. The lowest BCUT2D eigenvalue weighted by atomic mass is 10.2. The largest absolute Gasteiger partial charge is 0.380 e. The van der Waals surface area contributed by atoms with Crippen LogP contribution >= 0.6 is 11.6 Å². The first-order valence-electron chi connectivity index (χ1n) is 5.74. The third kappa shape index (κ3) is 3.28. The Bertz CT molecular complexity index is 562. The molecule has 0 aliphatic rings. The van der Waals surface area contributed by atoms with Crippen LogP contribution in [-0.4, -0.2) is 23.4 Å². The van der Waals surface area contributed by atoms with Gasteiger partial charge in [-0.25, -0.2) is 4.39 Å². The topological polar surface area (TPSA) is 74.2 Å². The Morgan fingerprint density at radius 3 is 3.00 bits per heavy atom. The van der Waals surface area contributed by atoms with Crippen LogP contribution in [0.3, 0.4) is 0 Å². The van der Waals surface area contributed by atoms with Gasteiger partial charge >= 0.3 is 0 Å². The number of benzene rings is 1. The van der Waals surface area contributed by atoms with Gasteiger partial charge in [0, 0.05) is 12.2 Å². The number of ether oxygens (including phenoxy) is 1. The van der Waals surface area contributed by atoms with Crippen molar-refractivity contribution in [3.05, 3.63) is 34.9 Å². The lowest BCUT2D eigenvalue weighted by molar-refractivity contribution is 0.130. The molecule has 2 rings (SSSR count). The SMILES string of the molecule is CCOCC(N)c1noc(-c2ccc(F)c(Cl)c2)n1. The van der Waals surface area contributed by atoms with Gasteiger partial charge in [0.2, 0.25) is 0 Å². The lowest BCUT2D eigenvalue weighted by Crippen LogP contribution is -2.18. The van der Waals surface area contributed by atoms with Crippen molar-refractivity contribution < 1.29 is 13.7 Å². The van der Waals surface area contributed by atoms with E-state index in [2.05, 4.69) is 10.1 Å². The Morgan fingerprint density at radius 2 is 2.32 bits per heavy atom. The van der Waals surface area contributed by atoms with Crippen molar-refractivity contribution in [1.29, 1.82) is 0 Å². The molecule has 0 amide bonds. The minimum absolute atomic E-state index is 0.00383. The van der Waals surface area contributed by atoms with E-state index in [0.29, 0.717) is 24.6 Å². The zero-order valence-electron chi connectivity index (χ0n) is 10.3. The van der Waals surface area contributed by atoms with Crippen LogP contribution in [0.2, 0.25) is 5.02 Å². The summed E-state index contributed by atoms with van der Waals surface area (Å²) in [6.07, 6.45) is 0. The highest BCUT2D eigenvalue weighted by Gasteiger charge is 2.16. The maximum Gasteiger partial charge on any atom is 0.258 e. The zero-order valence-corrected chi connectivity index (χ0v) is 11.0. The average molecular weight is 286 g/mol. The molecule has 2 aromatic rings. The molecule has 1 aromatic carbocycles. The van der Waals surface area contributed by atoms with E-state index in [4.69, 9.17) is 26.6 Å². The molecule has 1 unspecified atom stereocenters. The summed E-state index contributed by atoms with van der Waals surface area (Å²) < 4.78 is 23.3. The molecule has 1 aromatic heterocycles. The van der Waals surface area contributed by atoms with E-state index in [0.717, 1.165) is 0 Å². The summed E-state index contributed by atoms with van der Waals surface area (Å²) in [7, 11) is 0. The Balaban J connectivity index is 2.18. The smallest absolute Gasteiger partial charge is 0.258 e. The van der Waals surface area contributed by atoms with Crippen molar-refractivity contribution in [2.75, 3.05) is 13.2 Å². The molecule has 0 bridgehead atoms. The summed E-state index contributed by atoms with van der Waals surface area (Å²) in [4.78, 5) is 4.14.